The van der Waals surface area contributed by atoms with Crippen LogP contribution in [0, 0.1) is 5.92 Å². The summed E-state index contributed by atoms with van der Waals surface area (Å²) in [6.07, 6.45) is 3.44. The second-order valence-electron chi connectivity index (χ2n) is 4.06. The van der Waals surface area contributed by atoms with Gasteiger partial charge in [-0.2, -0.15) is 0 Å². The first-order chi connectivity index (χ1) is 7.74. The summed E-state index contributed by atoms with van der Waals surface area (Å²) in [7, 11) is 0. The highest BCUT2D eigenvalue weighted by molar-refractivity contribution is 7.13. The molecule has 1 N–H and O–H groups in total. The third kappa shape index (κ3) is 2.25. The number of nitrogens with zero attached hydrogens (tertiary/aromatic N) is 2. The number of aliphatic hydroxyl groups excluding tert-OH is 1. The Bertz CT molecular complexity index is 378. The fraction of sp³-hybridized carbons (Fsp3) is 0.636. The molecule has 1 aromatic rings. The van der Waals surface area contributed by atoms with E-state index >= 15 is 0 Å². The van der Waals surface area contributed by atoms with Crippen molar-refractivity contribution in [2.45, 2.75) is 19.8 Å². The Hall–Kier alpha value is -0.940. The molecule has 0 aromatic carbocycles. The number of hydrogen-bond donors (Lipinski definition) is 1. The van der Waals surface area contributed by atoms with Gasteiger partial charge in [-0.25, -0.2) is 4.98 Å². The van der Waals surface area contributed by atoms with Crippen molar-refractivity contribution in [3.05, 3.63) is 16.1 Å². The molecule has 0 spiro atoms. The highest BCUT2D eigenvalue weighted by Gasteiger charge is 2.27. The van der Waals surface area contributed by atoms with Gasteiger partial charge in [-0.1, -0.05) is 6.92 Å². The Kier molecular flexibility index (Phi) is 3.56. The Morgan fingerprint density at radius 3 is 3.12 bits per heavy atom. The van der Waals surface area contributed by atoms with Gasteiger partial charge in [-0.05, 0) is 12.8 Å². The van der Waals surface area contributed by atoms with E-state index in [9.17, 15) is 4.79 Å². The number of carbonyl (C=O) groups is 1. The topological polar surface area (TPSA) is 53.4 Å². The molecule has 1 amide bonds. The van der Waals surface area contributed by atoms with Crippen LogP contribution < -0.4 is 0 Å². The SMILES string of the molecule is CCc1ncc(C(=O)N2CCC(CO)C2)s1. The number of thiazole rings is 1. The molecular weight excluding hydrogens is 224 g/mol. The molecule has 0 bridgehead atoms. The zero-order valence-corrected chi connectivity index (χ0v) is 10.2. The summed E-state index contributed by atoms with van der Waals surface area (Å²) in [5.41, 5.74) is 0. The quantitative estimate of drug-likeness (QED) is 0.862. The summed E-state index contributed by atoms with van der Waals surface area (Å²) in [6.45, 7) is 3.63. The summed E-state index contributed by atoms with van der Waals surface area (Å²) < 4.78 is 0. The van der Waals surface area contributed by atoms with Gasteiger partial charge in [0.25, 0.3) is 5.91 Å². The summed E-state index contributed by atoms with van der Waals surface area (Å²) >= 11 is 1.47. The molecule has 2 heterocycles. The van der Waals surface area contributed by atoms with E-state index in [0.717, 1.165) is 29.3 Å². The minimum absolute atomic E-state index is 0.0631. The minimum Gasteiger partial charge on any atom is -0.396 e. The number of aromatic nitrogens is 1. The van der Waals surface area contributed by atoms with Crippen molar-refractivity contribution in [2.24, 2.45) is 5.92 Å². The van der Waals surface area contributed by atoms with Gasteiger partial charge in [0, 0.05) is 25.6 Å². The van der Waals surface area contributed by atoms with Gasteiger partial charge in [-0.3, -0.25) is 4.79 Å². The Morgan fingerprint density at radius 1 is 1.75 bits per heavy atom. The molecule has 1 fully saturated rings. The van der Waals surface area contributed by atoms with E-state index in [2.05, 4.69) is 4.98 Å². The lowest BCUT2D eigenvalue weighted by atomic mass is 10.1. The zero-order valence-electron chi connectivity index (χ0n) is 9.35. The van der Waals surface area contributed by atoms with Crippen LogP contribution in [0.4, 0.5) is 0 Å². The monoisotopic (exact) mass is 240 g/mol. The summed E-state index contributed by atoms with van der Waals surface area (Å²) in [5, 5.41) is 10.0. The van der Waals surface area contributed by atoms with E-state index in [1.807, 2.05) is 11.8 Å². The Morgan fingerprint density at radius 2 is 2.56 bits per heavy atom. The highest BCUT2D eigenvalue weighted by Crippen LogP contribution is 2.21. The fourth-order valence-electron chi connectivity index (χ4n) is 1.89. The fourth-order valence-corrected chi connectivity index (χ4v) is 2.72. The van der Waals surface area contributed by atoms with Crippen LogP contribution in [0.25, 0.3) is 0 Å². The average Bonchev–Trinajstić information content (AvgIpc) is 2.97. The summed E-state index contributed by atoms with van der Waals surface area (Å²) in [4.78, 5) is 18.8. The molecule has 0 aliphatic carbocycles. The van der Waals surface area contributed by atoms with Gasteiger partial charge < -0.3 is 10.0 Å². The molecule has 1 aromatic heterocycles. The van der Waals surface area contributed by atoms with E-state index in [0.29, 0.717) is 6.54 Å². The van der Waals surface area contributed by atoms with Crippen molar-refractivity contribution < 1.29 is 9.90 Å². The molecule has 1 aliphatic rings. The number of rotatable bonds is 3. The van der Waals surface area contributed by atoms with Crippen molar-refractivity contribution in [1.82, 2.24) is 9.88 Å². The minimum atomic E-state index is 0.0631. The number of aryl methyl sites for hydroxylation is 1. The van der Waals surface area contributed by atoms with Crippen LogP contribution in [0.2, 0.25) is 0 Å². The molecule has 5 heteroatoms. The molecule has 1 aliphatic heterocycles. The first kappa shape index (κ1) is 11.5. The average molecular weight is 240 g/mol. The molecule has 2 rings (SSSR count). The third-order valence-electron chi connectivity index (χ3n) is 2.90. The first-order valence-corrected chi connectivity index (χ1v) is 6.41. The normalized spacial score (nSPS) is 20.4. The van der Waals surface area contributed by atoms with E-state index in [4.69, 9.17) is 5.11 Å². The van der Waals surface area contributed by atoms with Crippen LogP contribution in [0.3, 0.4) is 0 Å². The maximum Gasteiger partial charge on any atom is 0.265 e. The number of likely N-dealkylation sites (tertiary alicyclic amines) is 1. The largest absolute Gasteiger partial charge is 0.396 e. The van der Waals surface area contributed by atoms with Crippen molar-refractivity contribution in [3.8, 4) is 0 Å². The highest BCUT2D eigenvalue weighted by atomic mass is 32.1. The molecule has 0 saturated carbocycles. The number of hydrogen-bond acceptors (Lipinski definition) is 4. The molecule has 1 atom stereocenters. The van der Waals surface area contributed by atoms with Crippen LogP contribution in [0.15, 0.2) is 6.20 Å². The standard InChI is InChI=1S/C11H16N2O2S/c1-2-10-12-5-9(16-10)11(15)13-4-3-8(6-13)7-14/h5,8,14H,2-4,6-7H2,1H3. The molecule has 88 valence electrons. The third-order valence-corrected chi connectivity index (χ3v) is 4.03. The second-order valence-corrected chi connectivity index (χ2v) is 5.18. The second kappa shape index (κ2) is 4.93. The Labute approximate surface area is 98.9 Å². The predicted octanol–water partition coefficient (Wildman–Crippen LogP) is 1.16. The summed E-state index contributed by atoms with van der Waals surface area (Å²) in [5.74, 6) is 0.315. The van der Waals surface area contributed by atoms with E-state index < -0.39 is 0 Å². The van der Waals surface area contributed by atoms with Crippen LogP contribution in [-0.4, -0.2) is 40.6 Å². The Balaban J connectivity index is 2.02. The lowest BCUT2D eigenvalue weighted by Gasteiger charge is -2.14. The molecular formula is C11H16N2O2S. The molecule has 4 nitrogen and oxygen atoms in total. The van der Waals surface area contributed by atoms with Crippen LogP contribution >= 0.6 is 11.3 Å². The lowest BCUT2D eigenvalue weighted by Crippen LogP contribution is -2.28. The molecule has 1 unspecified atom stereocenters. The maximum atomic E-state index is 12.1. The van der Waals surface area contributed by atoms with Crippen LogP contribution in [0.1, 0.15) is 28.0 Å². The smallest absolute Gasteiger partial charge is 0.265 e. The van der Waals surface area contributed by atoms with Gasteiger partial charge in [0.05, 0.1) is 11.2 Å². The van der Waals surface area contributed by atoms with Gasteiger partial charge in [-0.15, -0.1) is 11.3 Å². The van der Waals surface area contributed by atoms with Crippen molar-refractivity contribution >= 4 is 17.2 Å². The van der Waals surface area contributed by atoms with Gasteiger partial charge in [0.1, 0.15) is 4.88 Å². The van der Waals surface area contributed by atoms with Crippen LogP contribution in [-0.2, 0) is 6.42 Å². The molecule has 1 saturated heterocycles. The van der Waals surface area contributed by atoms with E-state index in [1.54, 1.807) is 6.20 Å². The molecule has 0 radical (unpaired) electrons. The zero-order chi connectivity index (χ0) is 11.5. The van der Waals surface area contributed by atoms with E-state index in [1.165, 1.54) is 11.3 Å². The number of aliphatic hydroxyl groups is 1. The van der Waals surface area contributed by atoms with Crippen molar-refractivity contribution in [2.75, 3.05) is 19.7 Å². The summed E-state index contributed by atoms with van der Waals surface area (Å²) in [6, 6.07) is 0. The van der Waals surface area contributed by atoms with Crippen LogP contribution in [0.5, 0.6) is 0 Å². The lowest BCUT2D eigenvalue weighted by molar-refractivity contribution is 0.0786. The maximum absolute atomic E-state index is 12.1. The number of amides is 1. The van der Waals surface area contributed by atoms with Crippen molar-refractivity contribution in [1.29, 1.82) is 0 Å². The van der Waals surface area contributed by atoms with E-state index in [-0.39, 0.29) is 18.4 Å². The predicted molar refractivity (Wildman–Crippen MR) is 62.6 cm³/mol. The van der Waals surface area contributed by atoms with Gasteiger partial charge in [0.15, 0.2) is 0 Å². The number of carbonyl (C=O) groups excluding carboxylic acids is 1. The molecule has 16 heavy (non-hydrogen) atoms. The van der Waals surface area contributed by atoms with Gasteiger partial charge >= 0.3 is 0 Å². The van der Waals surface area contributed by atoms with Crippen molar-refractivity contribution in [3.63, 3.8) is 0 Å². The van der Waals surface area contributed by atoms with Gasteiger partial charge in [0.2, 0.25) is 0 Å². The first-order valence-electron chi connectivity index (χ1n) is 5.59.